The molecule has 7 rings (SSSR count). The quantitative estimate of drug-likeness (QED) is 0.152. The molecule has 3 aliphatic carbocycles. The highest BCUT2D eigenvalue weighted by molar-refractivity contribution is 7.85. The van der Waals surface area contributed by atoms with Gasteiger partial charge in [-0.3, -0.25) is 4.79 Å². The maximum atomic E-state index is 14.0. The van der Waals surface area contributed by atoms with Crippen molar-refractivity contribution in [2.45, 2.75) is 36.2 Å². The van der Waals surface area contributed by atoms with Gasteiger partial charge in [0.05, 0.1) is 21.8 Å². The predicted molar refractivity (Wildman–Crippen MR) is 135 cm³/mol. The molecule has 0 aliphatic heterocycles. The molecular formula is C29H19F6O5S-. The number of rotatable bonds is 4. The standard InChI is InChI=1S/C29H20F6O5S/c30-28(31,32)27(29(33,34)35,14-41(37,38)39)40-26(36)22-13-21-19-11-9-16-6-2-4-8-18(16)24(19)25(22)20-12-10-15-5-1-3-7-17(15)23(20)21/h1-12,21-22,25H,13-14H2,(H,37,38,39)/p-1. The maximum absolute atomic E-state index is 14.0. The highest BCUT2D eigenvalue weighted by atomic mass is 32.2. The first kappa shape index (κ1) is 27.5. The lowest BCUT2D eigenvalue weighted by atomic mass is 9.57. The molecule has 3 aliphatic rings. The smallest absolute Gasteiger partial charge is 0.438 e. The number of halogens is 6. The lowest BCUT2D eigenvalue weighted by Crippen LogP contribution is -2.64. The fourth-order valence-electron chi connectivity index (χ4n) is 6.50. The third-order valence-electron chi connectivity index (χ3n) is 8.14. The van der Waals surface area contributed by atoms with Gasteiger partial charge in [-0.1, -0.05) is 72.8 Å². The summed E-state index contributed by atoms with van der Waals surface area (Å²) in [5.41, 5.74) is -2.76. The largest absolute Gasteiger partial charge is 0.748 e. The minimum Gasteiger partial charge on any atom is -0.748 e. The van der Waals surface area contributed by atoms with Gasteiger partial charge in [-0.2, -0.15) is 26.3 Å². The molecule has 41 heavy (non-hydrogen) atoms. The number of esters is 1. The Morgan fingerprint density at radius 2 is 1.29 bits per heavy atom. The van der Waals surface area contributed by atoms with Gasteiger partial charge in [0.15, 0.2) is 0 Å². The van der Waals surface area contributed by atoms with Crippen molar-refractivity contribution in [3.8, 4) is 0 Å². The van der Waals surface area contributed by atoms with Crippen LogP contribution in [0.15, 0.2) is 72.8 Å². The molecule has 0 fully saturated rings. The average Bonchev–Trinajstić information content (AvgIpc) is 2.90. The number of carbonyl (C=O) groups is 1. The van der Waals surface area contributed by atoms with Crippen molar-refractivity contribution in [2.24, 2.45) is 5.92 Å². The number of hydrogen-bond acceptors (Lipinski definition) is 5. The fourth-order valence-corrected chi connectivity index (χ4v) is 7.38. The molecule has 4 aromatic carbocycles. The molecular weight excluding hydrogens is 574 g/mol. The van der Waals surface area contributed by atoms with E-state index in [4.69, 9.17) is 0 Å². The third kappa shape index (κ3) is 4.18. The molecule has 0 saturated heterocycles. The summed E-state index contributed by atoms with van der Waals surface area (Å²) in [6.45, 7) is 0. The zero-order chi connectivity index (χ0) is 29.5. The Hall–Kier alpha value is -3.64. The lowest BCUT2D eigenvalue weighted by molar-refractivity contribution is -0.362. The monoisotopic (exact) mass is 593 g/mol. The number of hydrogen-bond donors (Lipinski definition) is 0. The van der Waals surface area contributed by atoms with E-state index in [0.29, 0.717) is 16.5 Å². The Morgan fingerprint density at radius 3 is 1.83 bits per heavy atom. The zero-order valence-electron chi connectivity index (χ0n) is 20.8. The van der Waals surface area contributed by atoms with Crippen LogP contribution in [0.1, 0.15) is 40.5 Å². The van der Waals surface area contributed by atoms with Crippen molar-refractivity contribution in [1.29, 1.82) is 0 Å². The number of carbonyl (C=O) groups excluding carboxylic acids is 1. The highest BCUT2D eigenvalue weighted by Crippen LogP contribution is 2.59. The number of benzene rings is 4. The summed E-state index contributed by atoms with van der Waals surface area (Å²) in [5, 5.41) is 3.14. The molecule has 0 aromatic heterocycles. The molecule has 5 nitrogen and oxygen atoms in total. The minimum atomic E-state index is -6.44. The summed E-state index contributed by atoms with van der Waals surface area (Å²) in [6, 6.07) is 21.6. The van der Waals surface area contributed by atoms with E-state index in [2.05, 4.69) is 4.74 Å². The first-order valence-corrected chi connectivity index (χ1v) is 14.0. The Balaban J connectivity index is 1.55. The van der Waals surface area contributed by atoms with Crippen LogP contribution in [-0.4, -0.2) is 42.6 Å². The Labute approximate surface area is 229 Å². The van der Waals surface area contributed by atoms with E-state index >= 15 is 0 Å². The van der Waals surface area contributed by atoms with Crippen molar-refractivity contribution < 1.29 is 48.8 Å². The Morgan fingerprint density at radius 1 is 0.780 bits per heavy atom. The van der Waals surface area contributed by atoms with Gasteiger partial charge in [-0.25, -0.2) is 8.42 Å². The summed E-state index contributed by atoms with van der Waals surface area (Å²) < 4.78 is 122. The molecule has 0 saturated carbocycles. The summed E-state index contributed by atoms with van der Waals surface area (Å²) in [7, 11) is -6.15. The molecule has 214 valence electrons. The van der Waals surface area contributed by atoms with Crippen LogP contribution in [0.4, 0.5) is 26.3 Å². The molecule has 3 atom stereocenters. The second kappa shape index (κ2) is 8.93. The first-order valence-electron chi connectivity index (χ1n) is 12.5. The van der Waals surface area contributed by atoms with Gasteiger partial charge < -0.3 is 9.29 Å². The third-order valence-corrected chi connectivity index (χ3v) is 8.90. The van der Waals surface area contributed by atoms with E-state index in [1.54, 1.807) is 36.4 Å². The van der Waals surface area contributed by atoms with Gasteiger partial charge >= 0.3 is 23.9 Å². The summed E-state index contributed by atoms with van der Waals surface area (Å²) in [6.07, 6.45) is -13.1. The van der Waals surface area contributed by atoms with Crippen molar-refractivity contribution >= 4 is 37.6 Å². The van der Waals surface area contributed by atoms with Crippen LogP contribution < -0.4 is 0 Å². The van der Waals surface area contributed by atoms with Gasteiger partial charge in [0.1, 0.15) is 0 Å². The first-order chi connectivity index (χ1) is 19.1. The Bertz CT molecular complexity index is 1820. The van der Waals surface area contributed by atoms with Crippen LogP contribution in [-0.2, 0) is 19.6 Å². The molecule has 0 amide bonds. The number of ether oxygens (including phenoxy) is 1. The van der Waals surface area contributed by atoms with Gasteiger partial charge in [-0.15, -0.1) is 0 Å². The summed E-state index contributed by atoms with van der Waals surface area (Å²) in [5.74, 6) is -8.00. The van der Waals surface area contributed by atoms with Gasteiger partial charge in [0.25, 0.3) is 0 Å². The van der Waals surface area contributed by atoms with E-state index in [0.717, 1.165) is 27.3 Å². The Kier molecular flexibility index (Phi) is 5.99. The van der Waals surface area contributed by atoms with Crippen LogP contribution in [0.3, 0.4) is 0 Å². The van der Waals surface area contributed by atoms with Crippen LogP contribution in [0.25, 0.3) is 21.5 Å². The summed E-state index contributed by atoms with van der Waals surface area (Å²) >= 11 is 0. The highest BCUT2D eigenvalue weighted by Gasteiger charge is 2.75. The van der Waals surface area contributed by atoms with E-state index < -0.39 is 57.5 Å². The van der Waals surface area contributed by atoms with Crippen LogP contribution in [0.2, 0.25) is 0 Å². The molecule has 12 heteroatoms. The predicted octanol–water partition coefficient (Wildman–Crippen LogP) is 6.54. The molecule has 0 radical (unpaired) electrons. The topological polar surface area (TPSA) is 83.5 Å². The van der Waals surface area contributed by atoms with Crippen molar-refractivity contribution in [1.82, 2.24) is 0 Å². The van der Waals surface area contributed by atoms with E-state index in [-0.39, 0.29) is 6.42 Å². The van der Waals surface area contributed by atoms with Crippen LogP contribution in [0, 0.1) is 5.92 Å². The minimum absolute atomic E-state index is 0.175. The number of fused-ring (bicyclic) bond motifs is 3. The lowest BCUT2D eigenvalue weighted by Gasteiger charge is -2.46. The number of alkyl halides is 6. The summed E-state index contributed by atoms with van der Waals surface area (Å²) in [4.78, 5) is 13.5. The van der Waals surface area contributed by atoms with Gasteiger partial charge in [-0.05, 0) is 50.2 Å². The molecule has 4 aromatic rings. The molecule has 3 unspecified atom stereocenters. The SMILES string of the molecule is O=C(OC(CS(=O)(=O)[O-])(C(F)(F)F)C(F)(F)F)C1CC2c3ccc4ccccc4c3C1c1ccc3ccccc3c12. The van der Waals surface area contributed by atoms with Crippen molar-refractivity contribution in [3.05, 3.63) is 95.1 Å². The van der Waals surface area contributed by atoms with Crippen molar-refractivity contribution in [2.75, 3.05) is 5.75 Å². The molecule has 0 spiro atoms. The van der Waals surface area contributed by atoms with Crippen LogP contribution >= 0.6 is 0 Å². The van der Waals surface area contributed by atoms with E-state index in [9.17, 15) is 44.1 Å². The maximum Gasteiger partial charge on any atom is 0.438 e. The molecule has 0 heterocycles. The molecule has 2 bridgehead atoms. The second-order valence-corrected chi connectivity index (χ2v) is 11.8. The van der Waals surface area contributed by atoms with E-state index in [1.165, 1.54) is 0 Å². The fraction of sp³-hybridized carbons (Fsp3) is 0.276. The second-order valence-electron chi connectivity index (χ2n) is 10.4. The normalized spacial score (nSPS) is 20.6. The average molecular weight is 594 g/mol. The molecule has 0 N–H and O–H groups in total. The zero-order valence-corrected chi connectivity index (χ0v) is 21.6. The van der Waals surface area contributed by atoms with Gasteiger partial charge in [0, 0.05) is 11.8 Å². The van der Waals surface area contributed by atoms with E-state index in [1.807, 2.05) is 36.4 Å². The van der Waals surface area contributed by atoms with Crippen LogP contribution in [0.5, 0.6) is 0 Å². The van der Waals surface area contributed by atoms with Gasteiger partial charge in [0.2, 0.25) is 0 Å². The van der Waals surface area contributed by atoms with Crippen molar-refractivity contribution in [3.63, 3.8) is 0 Å².